The Hall–Kier alpha value is -3.76. The molecule has 0 bridgehead atoms. The first kappa shape index (κ1) is 33.3. The molecule has 0 heterocycles. The third-order valence-electron chi connectivity index (χ3n) is 6.29. The molecular weight excluding hydrogens is 504 g/mol. The lowest BCUT2D eigenvalue weighted by Crippen LogP contribution is -2.60. The van der Waals surface area contributed by atoms with Gasteiger partial charge in [0.15, 0.2) is 0 Å². The molecule has 0 fully saturated rings. The third kappa shape index (κ3) is 10.9. The minimum atomic E-state index is -1.59. The quantitative estimate of drug-likeness (QED) is 0.207. The number of hydrogen-bond acceptors (Lipinski definition) is 6. The molecule has 4 amide bonds. The van der Waals surface area contributed by atoms with Crippen LogP contribution >= 0.6 is 0 Å². The van der Waals surface area contributed by atoms with Crippen LogP contribution in [-0.2, 0) is 35.2 Å². The molecule has 5 N–H and O–H groups in total. The summed E-state index contributed by atoms with van der Waals surface area (Å²) in [6.45, 7) is 11.2. The first-order valence-electron chi connectivity index (χ1n) is 13.1. The highest BCUT2D eigenvalue weighted by Gasteiger charge is 2.36. The van der Waals surface area contributed by atoms with E-state index in [0.29, 0.717) is 12.8 Å². The van der Waals surface area contributed by atoms with Gasteiger partial charge in [-0.1, -0.05) is 64.4 Å². The summed E-state index contributed by atoms with van der Waals surface area (Å²) >= 11 is 0. The highest BCUT2D eigenvalue weighted by atomic mass is 16.4. The number of nitrogens with one attached hydrogen (secondary N) is 4. The van der Waals surface area contributed by atoms with Crippen molar-refractivity contribution in [2.45, 2.75) is 91.4 Å². The number of carbonyl (C=O) groups is 6. The molecule has 4 atom stereocenters. The van der Waals surface area contributed by atoms with Crippen molar-refractivity contribution < 1.29 is 33.9 Å². The fraction of sp³-hybridized carbons (Fsp3) is 0.571. The van der Waals surface area contributed by atoms with Gasteiger partial charge in [0.05, 0.1) is 12.5 Å². The van der Waals surface area contributed by atoms with Crippen LogP contribution < -0.4 is 21.3 Å². The van der Waals surface area contributed by atoms with Gasteiger partial charge in [-0.25, -0.2) is 4.79 Å². The molecule has 1 aromatic rings. The molecule has 0 aliphatic heterocycles. The summed E-state index contributed by atoms with van der Waals surface area (Å²) in [7, 11) is 0. The van der Waals surface area contributed by atoms with Gasteiger partial charge in [0.2, 0.25) is 23.5 Å². The van der Waals surface area contributed by atoms with Crippen molar-refractivity contribution in [2.75, 3.05) is 0 Å². The normalized spacial score (nSPS) is 14.4. The van der Waals surface area contributed by atoms with Crippen LogP contribution in [0.2, 0.25) is 0 Å². The van der Waals surface area contributed by atoms with Crippen LogP contribution in [0.15, 0.2) is 30.3 Å². The maximum absolute atomic E-state index is 13.0. The second kappa shape index (κ2) is 15.0. The van der Waals surface area contributed by atoms with Gasteiger partial charge in [0.1, 0.15) is 17.6 Å². The number of rotatable bonds is 15. The first-order chi connectivity index (χ1) is 18.1. The zero-order valence-corrected chi connectivity index (χ0v) is 23.8. The maximum Gasteiger partial charge on any atom is 0.328 e. The van der Waals surface area contributed by atoms with Crippen LogP contribution in [0.4, 0.5) is 0 Å². The van der Waals surface area contributed by atoms with Crippen LogP contribution in [0.25, 0.3) is 0 Å². The third-order valence-corrected chi connectivity index (χ3v) is 6.29. The molecule has 0 spiro atoms. The van der Waals surface area contributed by atoms with Crippen molar-refractivity contribution in [3.63, 3.8) is 0 Å². The topological polar surface area (TPSA) is 171 Å². The van der Waals surface area contributed by atoms with E-state index < -0.39 is 59.1 Å². The van der Waals surface area contributed by atoms with Crippen molar-refractivity contribution >= 4 is 35.4 Å². The van der Waals surface area contributed by atoms with Gasteiger partial charge in [0.25, 0.3) is 5.91 Å². The molecule has 4 unspecified atom stereocenters. The Morgan fingerprint density at radius 2 is 1.46 bits per heavy atom. The summed E-state index contributed by atoms with van der Waals surface area (Å²) in [4.78, 5) is 75.3. The van der Waals surface area contributed by atoms with Gasteiger partial charge < -0.3 is 26.4 Å². The zero-order valence-electron chi connectivity index (χ0n) is 23.8. The van der Waals surface area contributed by atoms with Crippen molar-refractivity contribution in [3.8, 4) is 0 Å². The minimum absolute atomic E-state index is 0.0527. The largest absolute Gasteiger partial charge is 0.480 e. The van der Waals surface area contributed by atoms with Crippen molar-refractivity contribution in [3.05, 3.63) is 35.9 Å². The van der Waals surface area contributed by atoms with Crippen LogP contribution in [0.5, 0.6) is 0 Å². The van der Waals surface area contributed by atoms with E-state index in [1.807, 2.05) is 32.0 Å². The maximum atomic E-state index is 13.0. The van der Waals surface area contributed by atoms with Crippen LogP contribution in [0, 0.1) is 11.8 Å². The Labute approximate surface area is 229 Å². The number of benzene rings is 1. The number of carboxylic acid groups (broad SMARTS) is 1. The zero-order chi connectivity index (χ0) is 29.9. The molecule has 11 heteroatoms. The summed E-state index contributed by atoms with van der Waals surface area (Å²) in [5.41, 5.74) is -0.805. The number of Topliss-reactive ketones (excluding diaryl/α,β-unsaturated/α-hetero) is 1. The van der Waals surface area contributed by atoms with E-state index in [-0.39, 0.29) is 18.2 Å². The van der Waals surface area contributed by atoms with Gasteiger partial charge in [-0.05, 0) is 44.6 Å². The molecule has 0 aromatic heterocycles. The second-order valence-electron chi connectivity index (χ2n) is 10.8. The summed E-state index contributed by atoms with van der Waals surface area (Å²) < 4.78 is 0. The number of ketones is 1. The molecule has 0 radical (unpaired) electrons. The fourth-order valence-corrected chi connectivity index (χ4v) is 3.66. The first-order valence-corrected chi connectivity index (χ1v) is 13.1. The SMILES string of the molecule is CCC(C)C(NC(=O)C(=O)C(C)NC(=O)C(CC(C)C)NC(=O)Cc1ccccc1)C(=O)NC(C)(C)C(=O)O. The van der Waals surface area contributed by atoms with Crippen LogP contribution in [0.1, 0.15) is 66.9 Å². The van der Waals surface area contributed by atoms with E-state index in [1.54, 1.807) is 26.0 Å². The number of hydrogen-bond donors (Lipinski definition) is 5. The van der Waals surface area contributed by atoms with Gasteiger partial charge >= 0.3 is 5.97 Å². The van der Waals surface area contributed by atoms with Gasteiger partial charge in [-0.15, -0.1) is 0 Å². The Morgan fingerprint density at radius 3 is 1.97 bits per heavy atom. The summed E-state index contributed by atoms with van der Waals surface area (Å²) in [5, 5.41) is 19.3. The van der Waals surface area contributed by atoms with Gasteiger partial charge in [-0.3, -0.25) is 24.0 Å². The highest BCUT2D eigenvalue weighted by Crippen LogP contribution is 2.12. The predicted octanol–water partition coefficient (Wildman–Crippen LogP) is 1.34. The van der Waals surface area contributed by atoms with E-state index in [1.165, 1.54) is 20.8 Å². The van der Waals surface area contributed by atoms with E-state index >= 15 is 0 Å². The standard InChI is InChI=1S/C28H42N4O7/c1-8-17(4)22(25(36)32-28(6,7)27(38)39)31-26(37)23(34)18(5)29-24(35)20(14-16(2)3)30-21(33)15-19-12-10-9-11-13-19/h9-13,16-18,20,22H,8,14-15H2,1-7H3,(H,29,35)(H,30,33)(H,31,37)(H,32,36)(H,38,39). The molecule has 216 valence electrons. The molecule has 1 rings (SSSR count). The Balaban J connectivity index is 2.89. The van der Waals surface area contributed by atoms with E-state index in [2.05, 4.69) is 21.3 Å². The lowest BCUT2D eigenvalue weighted by molar-refractivity contribution is -0.147. The second-order valence-corrected chi connectivity index (χ2v) is 10.8. The highest BCUT2D eigenvalue weighted by molar-refractivity contribution is 6.38. The predicted molar refractivity (Wildman–Crippen MR) is 145 cm³/mol. The molecule has 0 saturated heterocycles. The minimum Gasteiger partial charge on any atom is -0.480 e. The average molecular weight is 547 g/mol. The lowest BCUT2D eigenvalue weighted by atomic mass is 9.96. The van der Waals surface area contributed by atoms with Crippen molar-refractivity contribution in [1.82, 2.24) is 21.3 Å². The van der Waals surface area contributed by atoms with Crippen LogP contribution in [-0.4, -0.2) is 64.2 Å². The molecule has 39 heavy (non-hydrogen) atoms. The summed E-state index contributed by atoms with van der Waals surface area (Å²) in [6.07, 6.45) is 0.859. The molecular formula is C28H42N4O7. The monoisotopic (exact) mass is 546 g/mol. The van der Waals surface area contributed by atoms with E-state index in [4.69, 9.17) is 0 Å². The number of amides is 4. The fourth-order valence-electron chi connectivity index (χ4n) is 3.66. The molecule has 0 aliphatic carbocycles. The number of carboxylic acids is 1. The average Bonchev–Trinajstić information content (AvgIpc) is 2.85. The Kier molecular flexibility index (Phi) is 12.8. The van der Waals surface area contributed by atoms with Crippen LogP contribution in [0.3, 0.4) is 0 Å². The molecule has 11 nitrogen and oxygen atoms in total. The molecule has 0 aliphatic rings. The van der Waals surface area contributed by atoms with E-state index in [9.17, 15) is 33.9 Å². The lowest BCUT2D eigenvalue weighted by Gasteiger charge is -2.28. The van der Waals surface area contributed by atoms with Crippen molar-refractivity contribution in [2.24, 2.45) is 11.8 Å². The van der Waals surface area contributed by atoms with Gasteiger partial charge in [0, 0.05) is 0 Å². The number of aliphatic carboxylic acids is 1. The van der Waals surface area contributed by atoms with Gasteiger partial charge in [-0.2, -0.15) is 0 Å². The smallest absolute Gasteiger partial charge is 0.328 e. The Morgan fingerprint density at radius 1 is 0.872 bits per heavy atom. The summed E-state index contributed by atoms with van der Waals surface area (Å²) in [6, 6.07) is 5.71. The Bertz CT molecular complexity index is 1040. The molecule has 0 saturated carbocycles. The summed E-state index contributed by atoms with van der Waals surface area (Å²) in [5.74, 6) is -5.41. The molecule has 1 aromatic carbocycles. The number of carbonyl (C=O) groups excluding carboxylic acids is 5. The van der Waals surface area contributed by atoms with Crippen molar-refractivity contribution in [1.29, 1.82) is 0 Å². The van der Waals surface area contributed by atoms with E-state index in [0.717, 1.165) is 5.56 Å².